The molecule has 2 aromatic rings. The molecule has 0 aromatic heterocycles. The highest BCUT2D eigenvalue weighted by molar-refractivity contribution is 6.30. The van der Waals surface area contributed by atoms with Crippen LogP contribution in [0, 0.1) is 19.7 Å². The first-order valence-electron chi connectivity index (χ1n) is 5.76. The van der Waals surface area contributed by atoms with Crippen LogP contribution in [-0.2, 0) is 0 Å². The van der Waals surface area contributed by atoms with Gasteiger partial charge in [-0.3, -0.25) is 0 Å². The molecule has 0 aliphatic rings. The first kappa shape index (κ1) is 13.1. The van der Waals surface area contributed by atoms with Gasteiger partial charge < -0.3 is 5.73 Å². The van der Waals surface area contributed by atoms with Crippen molar-refractivity contribution in [2.75, 3.05) is 0 Å². The maximum Gasteiger partial charge on any atom is 0.141 e. The van der Waals surface area contributed by atoms with E-state index in [1.807, 2.05) is 26.0 Å². The lowest BCUT2D eigenvalue weighted by molar-refractivity contribution is 0.627. The van der Waals surface area contributed by atoms with Crippen molar-refractivity contribution >= 4 is 11.6 Å². The summed E-state index contributed by atoms with van der Waals surface area (Å²) in [6.45, 7) is 4.06. The molecule has 3 heteroatoms. The smallest absolute Gasteiger partial charge is 0.141 e. The first-order chi connectivity index (χ1) is 8.47. The van der Waals surface area contributed by atoms with Crippen molar-refractivity contribution in [1.82, 2.24) is 0 Å². The molecule has 0 aliphatic carbocycles. The molecule has 0 radical (unpaired) electrons. The molecule has 1 unspecified atom stereocenters. The number of rotatable bonds is 2. The molecule has 0 heterocycles. The van der Waals surface area contributed by atoms with Crippen molar-refractivity contribution in [3.05, 3.63) is 69.5 Å². The number of hydrogen-bond donors (Lipinski definition) is 1. The highest BCUT2D eigenvalue weighted by Gasteiger charge is 2.11. The third-order valence-corrected chi connectivity index (χ3v) is 3.20. The lowest BCUT2D eigenvalue weighted by Crippen LogP contribution is -2.12. The highest BCUT2D eigenvalue weighted by Crippen LogP contribution is 2.25. The minimum Gasteiger partial charge on any atom is -0.320 e. The van der Waals surface area contributed by atoms with E-state index in [-0.39, 0.29) is 11.1 Å². The topological polar surface area (TPSA) is 26.0 Å². The van der Waals surface area contributed by atoms with Gasteiger partial charge in [0, 0.05) is 0 Å². The number of nitrogens with two attached hydrogens (primary N) is 1. The van der Waals surface area contributed by atoms with E-state index >= 15 is 0 Å². The molecule has 0 fully saturated rings. The standard InChI is InChI=1S/C15H15ClFN/c1-9-5-10(2)7-12(6-9)15(18)11-3-4-14(17)13(16)8-11/h3-8,15H,18H2,1-2H3. The fourth-order valence-electron chi connectivity index (χ4n) is 2.09. The van der Waals surface area contributed by atoms with Crippen molar-refractivity contribution in [2.45, 2.75) is 19.9 Å². The normalized spacial score (nSPS) is 12.5. The molecular formula is C15H15ClFN. The van der Waals surface area contributed by atoms with E-state index < -0.39 is 5.82 Å². The average molecular weight is 264 g/mol. The van der Waals surface area contributed by atoms with Crippen molar-refractivity contribution in [3.8, 4) is 0 Å². The lowest BCUT2D eigenvalue weighted by Gasteiger charge is -2.14. The molecule has 1 nitrogen and oxygen atoms in total. The number of halogens is 2. The van der Waals surface area contributed by atoms with E-state index in [1.54, 1.807) is 12.1 Å². The van der Waals surface area contributed by atoms with Gasteiger partial charge >= 0.3 is 0 Å². The summed E-state index contributed by atoms with van der Waals surface area (Å²) in [6.07, 6.45) is 0. The summed E-state index contributed by atoms with van der Waals surface area (Å²) in [4.78, 5) is 0. The summed E-state index contributed by atoms with van der Waals surface area (Å²) in [5.41, 5.74) is 10.3. The largest absolute Gasteiger partial charge is 0.320 e. The Morgan fingerprint density at radius 3 is 2.17 bits per heavy atom. The second-order valence-electron chi connectivity index (χ2n) is 4.57. The maximum absolute atomic E-state index is 13.1. The minimum atomic E-state index is -0.423. The zero-order valence-electron chi connectivity index (χ0n) is 10.4. The summed E-state index contributed by atoms with van der Waals surface area (Å²) in [7, 11) is 0. The Morgan fingerprint density at radius 1 is 1.00 bits per heavy atom. The van der Waals surface area contributed by atoms with E-state index in [0.717, 1.165) is 22.3 Å². The number of aryl methyl sites for hydroxylation is 2. The van der Waals surface area contributed by atoms with Gasteiger partial charge in [-0.1, -0.05) is 47.0 Å². The molecule has 0 bridgehead atoms. The van der Waals surface area contributed by atoms with Crippen molar-refractivity contribution in [1.29, 1.82) is 0 Å². The molecule has 94 valence electrons. The van der Waals surface area contributed by atoms with Crippen LogP contribution in [0.3, 0.4) is 0 Å². The van der Waals surface area contributed by atoms with Crippen LogP contribution in [0.1, 0.15) is 28.3 Å². The van der Waals surface area contributed by atoms with Crippen LogP contribution in [0.15, 0.2) is 36.4 Å². The molecular weight excluding hydrogens is 249 g/mol. The Labute approximate surface area is 111 Å². The zero-order valence-corrected chi connectivity index (χ0v) is 11.1. The molecule has 0 spiro atoms. The highest BCUT2D eigenvalue weighted by atomic mass is 35.5. The zero-order chi connectivity index (χ0) is 13.3. The fraction of sp³-hybridized carbons (Fsp3) is 0.200. The number of hydrogen-bond acceptors (Lipinski definition) is 1. The lowest BCUT2D eigenvalue weighted by atomic mass is 9.96. The van der Waals surface area contributed by atoms with Gasteiger partial charge in [-0.2, -0.15) is 0 Å². The fourth-order valence-corrected chi connectivity index (χ4v) is 2.28. The maximum atomic E-state index is 13.1. The molecule has 2 N–H and O–H groups in total. The molecule has 1 atom stereocenters. The summed E-state index contributed by atoms with van der Waals surface area (Å²) < 4.78 is 13.1. The molecule has 0 aliphatic heterocycles. The Hall–Kier alpha value is -1.38. The average Bonchev–Trinajstić information content (AvgIpc) is 2.30. The molecule has 0 saturated heterocycles. The van der Waals surface area contributed by atoms with Gasteiger partial charge in [0.2, 0.25) is 0 Å². The Kier molecular flexibility index (Phi) is 3.69. The van der Waals surface area contributed by atoms with Gasteiger partial charge in [0.15, 0.2) is 0 Å². The summed E-state index contributed by atoms with van der Waals surface area (Å²) in [5.74, 6) is -0.423. The third kappa shape index (κ3) is 2.71. The van der Waals surface area contributed by atoms with Crippen LogP contribution in [0.25, 0.3) is 0 Å². The van der Waals surface area contributed by atoms with Crippen LogP contribution < -0.4 is 5.73 Å². The van der Waals surface area contributed by atoms with Gasteiger partial charge in [-0.25, -0.2) is 4.39 Å². The van der Waals surface area contributed by atoms with Crippen molar-refractivity contribution in [3.63, 3.8) is 0 Å². The Morgan fingerprint density at radius 2 is 1.61 bits per heavy atom. The van der Waals surface area contributed by atoms with E-state index in [0.29, 0.717) is 0 Å². The molecule has 0 amide bonds. The Bertz CT molecular complexity index is 560. The van der Waals surface area contributed by atoms with Crippen LogP contribution in [-0.4, -0.2) is 0 Å². The summed E-state index contributed by atoms with van der Waals surface area (Å²) in [5, 5.41) is 0.104. The van der Waals surface area contributed by atoms with Gasteiger partial charge in [0.25, 0.3) is 0 Å². The second-order valence-corrected chi connectivity index (χ2v) is 4.98. The summed E-state index contributed by atoms with van der Waals surface area (Å²) >= 11 is 5.78. The first-order valence-corrected chi connectivity index (χ1v) is 6.14. The Balaban J connectivity index is 2.40. The predicted molar refractivity (Wildman–Crippen MR) is 73.4 cm³/mol. The molecule has 0 saturated carbocycles. The van der Waals surface area contributed by atoms with Crippen molar-refractivity contribution in [2.24, 2.45) is 5.73 Å². The van der Waals surface area contributed by atoms with Gasteiger partial charge in [0.05, 0.1) is 11.1 Å². The molecule has 2 rings (SSSR count). The van der Waals surface area contributed by atoms with Crippen molar-refractivity contribution < 1.29 is 4.39 Å². The predicted octanol–water partition coefficient (Wildman–Crippen LogP) is 4.14. The van der Waals surface area contributed by atoms with E-state index in [4.69, 9.17) is 17.3 Å². The van der Waals surface area contributed by atoms with Crippen LogP contribution in [0.5, 0.6) is 0 Å². The minimum absolute atomic E-state index is 0.104. The van der Waals surface area contributed by atoms with Crippen LogP contribution >= 0.6 is 11.6 Å². The van der Waals surface area contributed by atoms with Gasteiger partial charge in [-0.05, 0) is 37.1 Å². The monoisotopic (exact) mass is 263 g/mol. The van der Waals surface area contributed by atoms with Crippen LogP contribution in [0.4, 0.5) is 4.39 Å². The van der Waals surface area contributed by atoms with E-state index in [2.05, 4.69) is 6.07 Å². The van der Waals surface area contributed by atoms with Crippen LogP contribution in [0.2, 0.25) is 5.02 Å². The third-order valence-electron chi connectivity index (χ3n) is 2.91. The molecule has 18 heavy (non-hydrogen) atoms. The quantitative estimate of drug-likeness (QED) is 0.866. The van der Waals surface area contributed by atoms with Gasteiger partial charge in [-0.15, -0.1) is 0 Å². The summed E-state index contributed by atoms with van der Waals surface area (Å²) in [6, 6.07) is 10.5. The van der Waals surface area contributed by atoms with Gasteiger partial charge in [0.1, 0.15) is 5.82 Å². The van der Waals surface area contributed by atoms with E-state index in [9.17, 15) is 4.39 Å². The number of benzene rings is 2. The van der Waals surface area contributed by atoms with E-state index in [1.165, 1.54) is 6.07 Å². The SMILES string of the molecule is Cc1cc(C)cc(C(N)c2ccc(F)c(Cl)c2)c1. The molecule has 2 aromatic carbocycles. The second kappa shape index (κ2) is 5.09.